The second kappa shape index (κ2) is 6.19. The van der Waals surface area contributed by atoms with Crippen molar-refractivity contribution in [3.05, 3.63) is 53.5 Å². The topological polar surface area (TPSA) is 63.8 Å². The minimum atomic E-state index is -0.572. The molecule has 0 radical (unpaired) electrons. The van der Waals surface area contributed by atoms with Crippen molar-refractivity contribution >= 4 is 5.82 Å². The maximum Gasteiger partial charge on any atom is 0.144 e. The van der Waals surface area contributed by atoms with Gasteiger partial charge < -0.3 is 11.1 Å². The molecule has 6 heteroatoms. The third kappa shape index (κ3) is 3.69. The van der Waals surface area contributed by atoms with E-state index in [-0.39, 0.29) is 6.54 Å². The Morgan fingerprint density at radius 1 is 1.21 bits per heavy atom. The highest BCUT2D eigenvalue weighted by molar-refractivity contribution is 5.33. The summed E-state index contributed by atoms with van der Waals surface area (Å²) in [6.07, 6.45) is 2.05. The van der Waals surface area contributed by atoms with Crippen LogP contribution in [0, 0.1) is 11.6 Å². The summed E-state index contributed by atoms with van der Waals surface area (Å²) >= 11 is 0. The minimum Gasteiger partial charge on any atom is -0.370 e. The summed E-state index contributed by atoms with van der Waals surface area (Å²) in [4.78, 5) is 8.13. The average molecular weight is 264 g/mol. The number of rotatable bonds is 5. The van der Waals surface area contributed by atoms with Crippen LogP contribution in [0.3, 0.4) is 0 Å². The summed E-state index contributed by atoms with van der Waals surface area (Å²) in [7, 11) is 0. The average Bonchev–Trinajstić information content (AvgIpc) is 2.41. The summed E-state index contributed by atoms with van der Waals surface area (Å²) in [5, 5.41) is 3.04. The van der Waals surface area contributed by atoms with Crippen molar-refractivity contribution in [2.75, 3.05) is 11.9 Å². The predicted octanol–water partition coefficient (Wildman–Crippen LogP) is 1.87. The summed E-state index contributed by atoms with van der Waals surface area (Å²) in [6.45, 7) is 0.756. The summed E-state index contributed by atoms with van der Waals surface area (Å²) < 4.78 is 26.1. The number of hydrogen-bond acceptors (Lipinski definition) is 4. The molecule has 1 aromatic heterocycles. The van der Waals surface area contributed by atoms with Gasteiger partial charge in [0, 0.05) is 18.8 Å². The maximum absolute atomic E-state index is 13.4. The Bertz CT molecular complexity index is 560. The third-order valence-corrected chi connectivity index (χ3v) is 2.60. The van der Waals surface area contributed by atoms with Crippen LogP contribution in [-0.4, -0.2) is 16.5 Å². The summed E-state index contributed by atoms with van der Waals surface area (Å²) in [6, 6.07) is 5.28. The van der Waals surface area contributed by atoms with Gasteiger partial charge in [-0.2, -0.15) is 0 Å². The Kier molecular flexibility index (Phi) is 4.35. The summed E-state index contributed by atoms with van der Waals surface area (Å²) in [5.41, 5.74) is 5.89. The molecule has 0 bridgehead atoms. The van der Waals surface area contributed by atoms with Crippen LogP contribution in [0.25, 0.3) is 0 Å². The molecule has 0 aliphatic heterocycles. The van der Waals surface area contributed by atoms with Crippen LogP contribution < -0.4 is 11.1 Å². The van der Waals surface area contributed by atoms with Crippen LogP contribution in [0.2, 0.25) is 0 Å². The first-order valence-corrected chi connectivity index (χ1v) is 5.89. The number of aromatic nitrogens is 2. The van der Waals surface area contributed by atoms with E-state index < -0.39 is 11.6 Å². The second-order valence-corrected chi connectivity index (χ2v) is 3.97. The van der Waals surface area contributed by atoms with Crippen LogP contribution >= 0.6 is 0 Å². The fourth-order valence-electron chi connectivity index (χ4n) is 1.65. The van der Waals surface area contributed by atoms with Gasteiger partial charge in [0.25, 0.3) is 0 Å². The SMILES string of the molecule is NCc1nccc(NCCc2ccc(F)cc2F)n1. The molecule has 0 saturated heterocycles. The molecule has 4 nitrogen and oxygen atoms in total. The number of anilines is 1. The zero-order chi connectivity index (χ0) is 13.7. The molecule has 3 N–H and O–H groups in total. The number of benzene rings is 1. The largest absolute Gasteiger partial charge is 0.370 e. The minimum absolute atomic E-state index is 0.266. The van der Waals surface area contributed by atoms with Gasteiger partial charge in [0.05, 0.1) is 6.54 Å². The lowest BCUT2D eigenvalue weighted by atomic mass is 10.1. The number of halogens is 2. The Morgan fingerprint density at radius 3 is 2.79 bits per heavy atom. The fourth-order valence-corrected chi connectivity index (χ4v) is 1.65. The van der Waals surface area contributed by atoms with Crippen molar-refractivity contribution in [2.24, 2.45) is 5.73 Å². The Hall–Kier alpha value is -2.08. The molecule has 0 amide bonds. The molecule has 2 rings (SSSR count). The predicted molar refractivity (Wildman–Crippen MR) is 68.5 cm³/mol. The van der Waals surface area contributed by atoms with E-state index in [9.17, 15) is 8.78 Å². The third-order valence-electron chi connectivity index (χ3n) is 2.60. The number of nitrogens with one attached hydrogen (secondary N) is 1. The molecular weight excluding hydrogens is 250 g/mol. The standard InChI is InChI=1S/C13H14F2N4/c14-10-2-1-9(11(15)7-10)3-5-17-12-4-6-18-13(8-16)19-12/h1-2,4,6-7H,3,5,8,16H2,(H,17,18,19). The van der Waals surface area contributed by atoms with Crippen molar-refractivity contribution in [1.82, 2.24) is 9.97 Å². The van der Waals surface area contributed by atoms with Crippen molar-refractivity contribution in [1.29, 1.82) is 0 Å². The number of hydrogen-bond donors (Lipinski definition) is 2. The van der Waals surface area contributed by atoms with Crippen LogP contribution in [0.15, 0.2) is 30.5 Å². The molecular formula is C13H14F2N4. The van der Waals surface area contributed by atoms with Crippen LogP contribution in [0.4, 0.5) is 14.6 Å². The molecule has 19 heavy (non-hydrogen) atoms. The second-order valence-electron chi connectivity index (χ2n) is 3.97. The molecule has 0 fully saturated rings. The first-order valence-electron chi connectivity index (χ1n) is 5.89. The van der Waals surface area contributed by atoms with Gasteiger partial charge in [-0.1, -0.05) is 6.07 Å². The fraction of sp³-hybridized carbons (Fsp3) is 0.231. The molecule has 0 aliphatic carbocycles. The van der Waals surface area contributed by atoms with E-state index in [0.717, 1.165) is 6.07 Å². The van der Waals surface area contributed by atoms with E-state index >= 15 is 0 Å². The van der Waals surface area contributed by atoms with Gasteiger partial charge in [-0.05, 0) is 24.1 Å². The van der Waals surface area contributed by atoms with E-state index in [1.54, 1.807) is 12.3 Å². The monoisotopic (exact) mass is 264 g/mol. The van der Waals surface area contributed by atoms with Crippen molar-refractivity contribution in [2.45, 2.75) is 13.0 Å². The molecule has 0 saturated carbocycles. The number of nitrogens with zero attached hydrogens (tertiary/aromatic N) is 2. The lowest BCUT2D eigenvalue weighted by Crippen LogP contribution is -2.10. The van der Waals surface area contributed by atoms with Crippen LogP contribution in [-0.2, 0) is 13.0 Å². The Balaban J connectivity index is 1.92. The van der Waals surface area contributed by atoms with Gasteiger partial charge in [-0.25, -0.2) is 18.7 Å². The highest BCUT2D eigenvalue weighted by Crippen LogP contribution is 2.10. The molecule has 0 aliphatic rings. The summed E-state index contributed by atoms with van der Waals surface area (Å²) in [5.74, 6) is 0.0701. The zero-order valence-corrected chi connectivity index (χ0v) is 10.2. The first-order chi connectivity index (χ1) is 9.19. The lowest BCUT2D eigenvalue weighted by molar-refractivity contribution is 0.572. The lowest BCUT2D eigenvalue weighted by Gasteiger charge is -2.07. The normalized spacial score (nSPS) is 10.5. The van der Waals surface area contributed by atoms with Gasteiger partial charge in [0.15, 0.2) is 0 Å². The molecule has 100 valence electrons. The first kappa shape index (κ1) is 13.4. The van der Waals surface area contributed by atoms with E-state index in [1.807, 2.05) is 0 Å². The smallest absolute Gasteiger partial charge is 0.144 e. The Labute approximate surface area is 109 Å². The van der Waals surface area contributed by atoms with Gasteiger partial charge in [-0.3, -0.25) is 0 Å². The van der Waals surface area contributed by atoms with Gasteiger partial charge in [0.2, 0.25) is 0 Å². The van der Waals surface area contributed by atoms with Crippen LogP contribution in [0.1, 0.15) is 11.4 Å². The highest BCUT2D eigenvalue weighted by atomic mass is 19.1. The van der Waals surface area contributed by atoms with E-state index in [4.69, 9.17) is 5.73 Å². The molecule has 1 heterocycles. The van der Waals surface area contributed by atoms with Crippen LogP contribution in [0.5, 0.6) is 0 Å². The van der Waals surface area contributed by atoms with E-state index in [0.29, 0.717) is 30.2 Å². The zero-order valence-electron chi connectivity index (χ0n) is 10.2. The van der Waals surface area contributed by atoms with Crippen molar-refractivity contribution in [3.8, 4) is 0 Å². The number of nitrogens with two attached hydrogens (primary N) is 1. The van der Waals surface area contributed by atoms with Crippen molar-refractivity contribution in [3.63, 3.8) is 0 Å². The van der Waals surface area contributed by atoms with E-state index in [1.165, 1.54) is 12.1 Å². The molecule has 0 unspecified atom stereocenters. The maximum atomic E-state index is 13.4. The van der Waals surface area contributed by atoms with Gasteiger partial charge in [-0.15, -0.1) is 0 Å². The molecule has 0 atom stereocenters. The van der Waals surface area contributed by atoms with E-state index in [2.05, 4.69) is 15.3 Å². The van der Waals surface area contributed by atoms with Gasteiger partial charge >= 0.3 is 0 Å². The molecule has 0 spiro atoms. The molecule has 1 aromatic carbocycles. The van der Waals surface area contributed by atoms with Crippen molar-refractivity contribution < 1.29 is 8.78 Å². The Morgan fingerprint density at radius 2 is 2.05 bits per heavy atom. The quantitative estimate of drug-likeness (QED) is 0.865. The highest BCUT2D eigenvalue weighted by Gasteiger charge is 2.04. The van der Waals surface area contributed by atoms with Gasteiger partial charge in [0.1, 0.15) is 23.3 Å². The molecule has 2 aromatic rings.